The molecule has 1 aromatic rings. The quantitative estimate of drug-likeness (QED) is 0.649. The normalized spacial score (nSPS) is 11.9. The molecule has 0 spiro atoms. The second-order valence-electron chi connectivity index (χ2n) is 4.71. The standard InChI is InChI=1S/C16H22N2O3/c1-20-11-10-18(9-8-16(19)21-2)13-15(12-17)14-6-4-3-5-7-14/h3-7,15H,8-11,13H2,1-2H3. The molecule has 0 fully saturated rings. The average Bonchev–Trinajstić information content (AvgIpc) is 2.54. The fourth-order valence-corrected chi connectivity index (χ4v) is 2.03. The van der Waals surface area contributed by atoms with Crippen LogP contribution in [0.1, 0.15) is 17.9 Å². The van der Waals surface area contributed by atoms with Crippen molar-refractivity contribution in [3.05, 3.63) is 35.9 Å². The van der Waals surface area contributed by atoms with Crippen molar-refractivity contribution in [2.24, 2.45) is 0 Å². The molecule has 0 aliphatic rings. The molecule has 0 radical (unpaired) electrons. The van der Waals surface area contributed by atoms with Gasteiger partial charge in [-0.25, -0.2) is 0 Å². The fourth-order valence-electron chi connectivity index (χ4n) is 2.03. The lowest BCUT2D eigenvalue weighted by molar-refractivity contribution is -0.141. The van der Waals surface area contributed by atoms with Gasteiger partial charge in [0.25, 0.3) is 0 Å². The fraction of sp³-hybridized carbons (Fsp3) is 0.500. The van der Waals surface area contributed by atoms with Crippen molar-refractivity contribution >= 4 is 5.97 Å². The molecule has 0 saturated carbocycles. The number of nitriles is 1. The van der Waals surface area contributed by atoms with Crippen molar-refractivity contribution in [2.75, 3.05) is 40.5 Å². The molecule has 0 aromatic heterocycles. The maximum atomic E-state index is 11.3. The lowest BCUT2D eigenvalue weighted by atomic mass is 10.00. The van der Waals surface area contributed by atoms with Crippen LogP contribution in [0, 0.1) is 11.3 Å². The van der Waals surface area contributed by atoms with Crippen LogP contribution in [-0.4, -0.2) is 51.3 Å². The summed E-state index contributed by atoms with van der Waals surface area (Å²) in [5.41, 5.74) is 0.987. The summed E-state index contributed by atoms with van der Waals surface area (Å²) in [6.07, 6.45) is 0.313. The van der Waals surface area contributed by atoms with E-state index in [1.165, 1.54) is 7.11 Å². The topological polar surface area (TPSA) is 62.6 Å². The predicted octanol–water partition coefficient (Wildman–Crippen LogP) is 1.81. The molecule has 0 heterocycles. The van der Waals surface area contributed by atoms with Crippen LogP contribution in [0.3, 0.4) is 0 Å². The zero-order valence-corrected chi connectivity index (χ0v) is 12.6. The Labute approximate surface area is 126 Å². The maximum absolute atomic E-state index is 11.3. The van der Waals surface area contributed by atoms with E-state index in [4.69, 9.17) is 4.74 Å². The molecular formula is C16H22N2O3. The van der Waals surface area contributed by atoms with Gasteiger partial charge in [-0.05, 0) is 5.56 Å². The molecule has 0 aliphatic carbocycles. The molecular weight excluding hydrogens is 268 g/mol. The van der Waals surface area contributed by atoms with E-state index in [0.29, 0.717) is 32.7 Å². The third-order valence-corrected chi connectivity index (χ3v) is 3.27. The van der Waals surface area contributed by atoms with Gasteiger partial charge in [0.05, 0.1) is 32.1 Å². The lowest BCUT2D eigenvalue weighted by Gasteiger charge is -2.24. The van der Waals surface area contributed by atoms with Crippen LogP contribution in [0.2, 0.25) is 0 Å². The minimum absolute atomic E-state index is 0.222. The molecule has 1 aromatic carbocycles. The first kappa shape index (κ1) is 17.2. The molecule has 0 N–H and O–H groups in total. The Kier molecular flexibility index (Phi) is 8.10. The minimum atomic E-state index is -0.245. The van der Waals surface area contributed by atoms with E-state index in [9.17, 15) is 10.1 Å². The second kappa shape index (κ2) is 9.92. The first-order valence-corrected chi connectivity index (χ1v) is 6.94. The number of hydrogen-bond acceptors (Lipinski definition) is 5. The Morgan fingerprint density at radius 1 is 1.29 bits per heavy atom. The average molecular weight is 290 g/mol. The van der Waals surface area contributed by atoms with Crippen molar-refractivity contribution < 1.29 is 14.3 Å². The zero-order valence-electron chi connectivity index (χ0n) is 12.6. The van der Waals surface area contributed by atoms with Gasteiger partial charge >= 0.3 is 5.97 Å². The summed E-state index contributed by atoms with van der Waals surface area (Å²) in [5.74, 6) is -0.466. The molecule has 1 rings (SSSR count). The van der Waals surface area contributed by atoms with Crippen LogP contribution in [0.5, 0.6) is 0 Å². The molecule has 0 bridgehead atoms. The SMILES string of the molecule is COCCN(CCC(=O)OC)CC(C#N)c1ccccc1. The maximum Gasteiger partial charge on any atom is 0.306 e. The van der Waals surface area contributed by atoms with E-state index in [-0.39, 0.29) is 11.9 Å². The summed E-state index contributed by atoms with van der Waals surface area (Å²) in [7, 11) is 3.02. The number of hydrogen-bond donors (Lipinski definition) is 0. The van der Waals surface area contributed by atoms with Crippen LogP contribution in [-0.2, 0) is 14.3 Å². The Morgan fingerprint density at radius 2 is 2.00 bits per heavy atom. The van der Waals surface area contributed by atoms with Gasteiger partial charge < -0.3 is 9.47 Å². The number of carbonyl (C=O) groups is 1. The summed E-state index contributed by atoms with van der Waals surface area (Å²) in [6.45, 7) is 2.37. The van der Waals surface area contributed by atoms with E-state index in [0.717, 1.165) is 5.56 Å². The largest absolute Gasteiger partial charge is 0.469 e. The summed E-state index contributed by atoms with van der Waals surface area (Å²) in [6, 6.07) is 12.0. The highest BCUT2D eigenvalue weighted by molar-refractivity contribution is 5.69. The zero-order chi connectivity index (χ0) is 15.5. The second-order valence-corrected chi connectivity index (χ2v) is 4.71. The number of ether oxygens (including phenoxy) is 2. The highest BCUT2D eigenvalue weighted by Gasteiger charge is 2.16. The van der Waals surface area contributed by atoms with Gasteiger partial charge in [-0.2, -0.15) is 5.26 Å². The first-order chi connectivity index (χ1) is 10.2. The molecule has 5 heteroatoms. The van der Waals surface area contributed by atoms with Crippen molar-refractivity contribution in [2.45, 2.75) is 12.3 Å². The number of rotatable bonds is 9. The van der Waals surface area contributed by atoms with Gasteiger partial charge in [0.15, 0.2) is 0 Å². The van der Waals surface area contributed by atoms with Gasteiger partial charge in [-0.1, -0.05) is 30.3 Å². The van der Waals surface area contributed by atoms with Crippen molar-refractivity contribution in [1.29, 1.82) is 5.26 Å². The summed E-state index contributed by atoms with van der Waals surface area (Å²) in [5, 5.41) is 9.38. The van der Waals surface area contributed by atoms with Gasteiger partial charge in [0.2, 0.25) is 0 Å². The Bertz CT molecular complexity index is 456. The number of nitrogens with zero attached hydrogens (tertiary/aromatic N) is 2. The molecule has 5 nitrogen and oxygen atoms in total. The van der Waals surface area contributed by atoms with Gasteiger partial charge in [-0.3, -0.25) is 9.69 Å². The molecule has 1 unspecified atom stereocenters. The number of esters is 1. The predicted molar refractivity (Wildman–Crippen MR) is 79.7 cm³/mol. The van der Waals surface area contributed by atoms with E-state index < -0.39 is 0 Å². The third kappa shape index (κ3) is 6.39. The summed E-state index contributed by atoms with van der Waals surface area (Å²) >= 11 is 0. The van der Waals surface area contributed by atoms with Crippen LogP contribution < -0.4 is 0 Å². The van der Waals surface area contributed by atoms with E-state index in [1.54, 1.807) is 7.11 Å². The van der Waals surface area contributed by atoms with E-state index in [2.05, 4.69) is 15.7 Å². The smallest absolute Gasteiger partial charge is 0.306 e. The molecule has 0 amide bonds. The summed E-state index contributed by atoms with van der Waals surface area (Å²) < 4.78 is 9.74. The first-order valence-electron chi connectivity index (χ1n) is 6.94. The summed E-state index contributed by atoms with van der Waals surface area (Å²) in [4.78, 5) is 13.3. The van der Waals surface area contributed by atoms with E-state index in [1.807, 2.05) is 30.3 Å². The van der Waals surface area contributed by atoms with Crippen molar-refractivity contribution in [3.63, 3.8) is 0 Å². The Balaban J connectivity index is 2.64. The van der Waals surface area contributed by atoms with Gasteiger partial charge in [-0.15, -0.1) is 0 Å². The van der Waals surface area contributed by atoms with Crippen LogP contribution in [0.25, 0.3) is 0 Å². The van der Waals surface area contributed by atoms with Crippen molar-refractivity contribution in [3.8, 4) is 6.07 Å². The number of benzene rings is 1. The van der Waals surface area contributed by atoms with Crippen LogP contribution >= 0.6 is 0 Å². The Hall–Kier alpha value is -1.90. The third-order valence-electron chi connectivity index (χ3n) is 3.27. The molecule has 114 valence electrons. The van der Waals surface area contributed by atoms with E-state index >= 15 is 0 Å². The highest BCUT2D eigenvalue weighted by Crippen LogP contribution is 2.16. The number of carbonyl (C=O) groups excluding carboxylic acids is 1. The lowest BCUT2D eigenvalue weighted by Crippen LogP contribution is -2.33. The molecule has 21 heavy (non-hydrogen) atoms. The number of methoxy groups -OCH3 is 2. The van der Waals surface area contributed by atoms with Crippen molar-refractivity contribution in [1.82, 2.24) is 4.90 Å². The highest BCUT2D eigenvalue weighted by atomic mass is 16.5. The molecule has 0 saturated heterocycles. The van der Waals surface area contributed by atoms with Gasteiger partial charge in [0.1, 0.15) is 0 Å². The van der Waals surface area contributed by atoms with Gasteiger partial charge in [0, 0.05) is 26.7 Å². The molecule has 0 aliphatic heterocycles. The van der Waals surface area contributed by atoms with Crippen LogP contribution in [0.15, 0.2) is 30.3 Å². The Morgan fingerprint density at radius 3 is 2.57 bits per heavy atom. The minimum Gasteiger partial charge on any atom is -0.469 e. The molecule has 1 atom stereocenters. The monoisotopic (exact) mass is 290 g/mol. The van der Waals surface area contributed by atoms with Crippen LogP contribution in [0.4, 0.5) is 0 Å².